The van der Waals surface area contributed by atoms with Gasteiger partial charge in [-0.15, -0.1) is 0 Å². The monoisotopic (exact) mass is 290 g/mol. The third-order valence-corrected chi connectivity index (χ3v) is 3.56. The molecule has 0 unspecified atom stereocenters. The van der Waals surface area contributed by atoms with Crippen LogP contribution in [0.1, 0.15) is 36.0 Å². The average Bonchev–Trinajstić information content (AvgIpc) is 2.55. The molecule has 0 saturated carbocycles. The van der Waals surface area contributed by atoms with Crippen LogP contribution >= 0.6 is 0 Å². The van der Waals surface area contributed by atoms with Crippen LogP contribution in [0.25, 0.3) is 0 Å². The van der Waals surface area contributed by atoms with Gasteiger partial charge >= 0.3 is 0 Å². The van der Waals surface area contributed by atoms with E-state index in [0.29, 0.717) is 31.5 Å². The molecule has 0 radical (unpaired) electrons. The van der Waals surface area contributed by atoms with Crippen molar-refractivity contribution in [3.05, 3.63) is 23.9 Å². The molecule has 0 aliphatic carbocycles. The minimum Gasteiger partial charge on any atom is -0.359 e. The largest absolute Gasteiger partial charge is 0.359 e. The summed E-state index contributed by atoms with van der Waals surface area (Å²) in [5.74, 6) is 0.820. The Bertz CT molecular complexity index is 455. The van der Waals surface area contributed by atoms with Crippen molar-refractivity contribution in [3.63, 3.8) is 0 Å². The molecule has 1 aliphatic rings. The van der Waals surface area contributed by atoms with Gasteiger partial charge in [0, 0.05) is 32.4 Å². The lowest BCUT2D eigenvalue weighted by Gasteiger charge is -2.27. The molecule has 114 valence electrons. The molecule has 2 amide bonds. The lowest BCUT2D eigenvalue weighted by atomic mass is 10.1. The van der Waals surface area contributed by atoms with E-state index in [1.807, 2.05) is 12.1 Å². The average molecular weight is 290 g/mol. The number of carbonyl (C=O) groups excluding carboxylic acids is 2. The lowest BCUT2D eigenvalue weighted by Crippen LogP contribution is -2.30. The maximum Gasteiger partial charge on any atom is 0.252 e. The molecule has 2 rings (SSSR count). The summed E-state index contributed by atoms with van der Waals surface area (Å²) in [6.45, 7) is 3.19. The molecule has 0 atom stereocenters. The molecule has 2 heterocycles. The number of hydrogen-bond donors (Lipinski definition) is 2. The number of carbonyl (C=O) groups is 2. The van der Waals surface area contributed by atoms with Crippen LogP contribution in [0.5, 0.6) is 0 Å². The first-order valence-corrected chi connectivity index (χ1v) is 7.47. The van der Waals surface area contributed by atoms with Gasteiger partial charge in [0.05, 0.1) is 5.56 Å². The molecule has 2 N–H and O–H groups in total. The van der Waals surface area contributed by atoms with E-state index in [1.54, 1.807) is 6.20 Å². The summed E-state index contributed by atoms with van der Waals surface area (Å²) >= 11 is 0. The zero-order valence-electron chi connectivity index (χ0n) is 12.2. The molecule has 1 aromatic heterocycles. The van der Waals surface area contributed by atoms with E-state index >= 15 is 0 Å². The van der Waals surface area contributed by atoms with E-state index in [1.165, 1.54) is 19.3 Å². The standard InChI is InChI=1S/C15H22N4O2/c20-12-16-7-4-8-17-15(21)13-5-6-14(18-11-13)19-9-2-1-3-10-19/h5-6,11-12H,1-4,7-10H2,(H,16,20)(H,17,21). The Labute approximate surface area is 124 Å². The van der Waals surface area contributed by atoms with Gasteiger partial charge < -0.3 is 15.5 Å². The maximum atomic E-state index is 11.9. The fraction of sp³-hybridized carbons (Fsp3) is 0.533. The van der Waals surface area contributed by atoms with E-state index in [0.717, 1.165) is 18.9 Å². The summed E-state index contributed by atoms with van der Waals surface area (Å²) in [5.41, 5.74) is 0.569. The molecule has 6 heteroatoms. The first kappa shape index (κ1) is 15.3. The third kappa shape index (κ3) is 4.73. The van der Waals surface area contributed by atoms with Gasteiger partial charge in [-0.05, 0) is 37.8 Å². The number of anilines is 1. The van der Waals surface area contributed by atoms with Crippen molar-refractivity contribution in [3.8, 4) is 0 Å². The molecular formula is C15H22N4O2. The Morgan fingerprint density at radius 1 is 1.24 bits per heavy atom. The van der Waals surface area contributed by atoms with E-state index in [2.05, 4.69) is 20.5 Å². The second kappa shape index (κ2) is 8.24. The topological polar surface area (TPSA) is 74.3 Å². The fourth-order valence-corrected chi connectivity index (χ4v) is 2.38. The number of aromatic nitrogens is 1. The highest BCUT2D eigenvalue weighted by Gasteiger charge is 2.12. The SMILES string of the molecule is O=CNCCCNC(=O)c1ccc(N2CCCCC2)nc1. The smallest absolute Gasteiger partial charge is 0.252 e. The highest BCUT2D eigenvalue weighted by atomic mass is 16.1. The van der Waals surface area contributed by atoms with Gasteiger partial charge in [0.2, 0.25) is 6.41 Å². The van der Waals surface area contributed by atoms with Crippen molar-refractivity contribution in [2.75, 3.05) is 31.1 Å². The van der Waals surface area contributed by atoms with Gasteiger partial charge in [-0.25, -0.2) is 4.98 Å². The predicted octanol–water partition coefficient (Wildman–Crippen LogP) is 0.938. The van der Waals surface area contributed by atoms with E-state index in [4.69, 9.17) is 0 Å². The number of piperidine rings is 1. The Kier molecular flexibility index (Phi) is 5.99. The van der Waals surface area contributed by atoms with Gasteiger partial charge in [0.1, 0.15) is 5.82 Å². The Morgan fingerprint density at radius 3 is 2.71 bits per heavy atom. The molecule has 6 nitrogen and oxygen atoms in total. The van der Waals surface area contributed by atoms with Crippen LogP contribution in [0, 0.1) is 0 Å². The highest BCUT2D eigenvalue weighted by molar-refractivity contribution is 5.94. The number of pyridine rings is 1. The Morgan fingerprint density at radius 2 is 2.05 bits per heavy atom. The minimum absolute atomic E-state index is 0.126. The summed E-state index contributed by atoms with van der Waals surface area (Å²) in [4.78, 5) is 28.6. The summed E-state index contributed by atoms with van der Waals surface area (Å²) in [5, 5.41) is 5.36. The lowest BCUT2D eigenvalue weighted by molar-refractivity contribution is -0.109. The number of amides is 2. The molecule has 1 aliphatic heterocycles. The predicted molar refractivity (Wildman–Crippen MR) is 81.3 cm³/mol. The molecule has 0 spiro atoms. The number of nitrogens with one attached hydrogen (secondary N) is 2. The maximum absolute atomic E-state index is 11.9. The molecule has 0 bridgehead atoms. The fourth-order valence-electron chi connectivity index (χ4n) is 2.38. The summed E-state index contributed by atoms with van der Waals surface area (Å²) in [7, 11) is 0. The van der Waals surface area contributed by atoms with Crippen molar-refractivity contribution in [2.45, 2.75) is 25.7 Å². The highest BCUT2D eigenvalue weighted by Crippen LogP contribution is 2.17. The number of hydrogen-bond acceptors (Lipinski definition) is 4. The van der Waals surface area contributed by atoms with Crippen molar-refractivity contribution < 1.29 is 9.59 Å². The number of rotatable bonds is 7. The molecular weight excluding hydrogens is 268 g/mol. The van der Waals surface area contributed by atoms with Gasteiger partial charge in [-0.1, -0.05) is 0 Å². The van der Waals surface area contributed by atoms with Crippen molar-refractivity contribution in [1.29, 1.82) is 0 Å². The summed E-state index contributed by atoms with van der Waals surface area (Å²) in [6.07, 6.45) is 6.70. The van der Waals surface area contributed by atoms with E-state index < -0.39 is 0 Å². The number of nitrogens with zero attached hydrogens (tertiary/aromatic N) is 2. The zero-order valence-corrected chi connectivity index (χ0v) is 12.2. The zero-order chi connectivity index (χ0) is 14.9. The van der Waals surface area contributed by atoms with Crippen LogP contribution in [0.2, 0.25) is 0 Å². The quantitative estimate of drug-likeness (QED) is 0.579. The first-order chi connectivity index (χ1) is 10.3. The van der Waals surface area contributed by atoms with Crippen molar-refractivity contribution >= 4 is 18.1 Å². The van der Waals surface area contributed by atoms with Crippen LogP contribution in [0.15, 0.2) is 18.3 Å². The van der Waals surface area contributed by atoms with Gasteiger partial charge in [-0.3, -0.25) is 9.59 Å². The molecule has 1 fully saturated rings. The molecule has 21 heavy (non-hydrogen) atoms. The van der Waals surface area contributed by atoms with Crippen LogP contribution in [0.3, 0.4) is 0 Å². The summed E-state index contributed by atoms with van der Waals surface area (Å²) < 4.78 is 0. The van der Waals surface area contributed by atoms with Crippen LogP contribution in [-0.2, 0) is 4.79 Å². The van der Waals surface area contributed by atoms with Crippen LogP contribution in [0.4, 0.5) is 5.82 Å². The van der Waals surface area contributed by atoms with E-state index in [9.17, 15) is 9.59 Å². The van der Waals surface area contributed by atoms with Gasteiger partial charge in [0.25, 0.3) is 5.91 Å². The van der Waals surface area contributed by atoms with Gasteiger partial charge in [-0.2, -0.15) is 0 Å². The van der Waals surface area contributed by atoms with E-state index in [-0.39, 0.29) is 5.91 Å². The van der Waals surface area contributed by atoms with Gasteiger partial charge in [0.15, 0.2) is 0 Å². The minimum atomic E-state index is -0.126. The van der Waals surface area contributed by atoms with Crippen molar-refractivity contribution in [1.82, 2.24) is 15.6 Å². The Balaban J connectivity index is 1.80. The second-order valence-corrected chi connectivity index (χ2v) is 5.13. The van der Waals surface area contributed by atoms with Crippen molar-refractivity contribution in [2.24, 2.45) is 0 Å². The first-order valence-electron chi connectivity index (χ1n) is 7.47. The summed E-state index contributed by atoms with van der Waals surface area (Å²) in [6, 6.07) is 3.73. The third-order valence-electron chi connectivity index (χ3n) is 3.56. The molecule has 1 saturated heterocycles. The molecule has 1 aromatic rings. The molecule has 0 aromatic carbocycles. The second-order valence-electron chi connectivity index (χ2n) is 5.13. The normalized spacial score (nSPS) is 14.6. The van der Waals surface area contributed by atoms with Crippen LogP contribution in [-0.4, -0.2) is 43.5 Å². The van der Waals surface area contributed by atoms with Crippen LogP contribution < -0.4 is 15.5 Å². The Hall–Kier alpha value is -2.11.